The average molecular weight is 821 g/mol. The quantitative estimate of drug-likeness (QED) is 0.0399. The predicted molar refractivity (Wildman–Crippen MR) is 202 cm³/mol. The fourth-order valence-corrected chi connectivity index (χ4v) is 4.99. The van der Waals surface area contributed by atoms with Gasteiger partial charge in [0.05, 0.1) is 76.5 Å². The van der Waals surface area contributed by atoms with Crippen LogP contribution in [0, 0.1) is 29.1 Å². The molecule has 0 aromatic carbocycles. The number of ether oxygens (including phenoxy) is 4. The van der Waals surface area contributed by atoms with Crippen LogP contribution in [-0.2, 0) is 57.3 Å². The van der Waals surface area contributed by atoms with Gasteiger partial charge in [0, 0.05) is 51.9 Å². The summed E-state index contributed by atoms with van der Waals surface area (Å²) in [5.41, 5.74) is -0.870. The Labute approximate surface area is 333 Å². The van der Waals surface area contributed by atoms with E-state index >= 15 is 0 Å². The van der Waals surface area contributed by atoms with Crippen molar-refractivity contribution in [3.05, 3.63) is 0 Å². The average Bonchev–Trinajstić information content (AvgIpc) is 3.16. The van der Waals surface area contributed by atoms with Crippen LogP contribution in [0.25, 0.3) is 0 Å². The Morgan fingerprint density at radius 1 is 0.404 bits per heavy atom. The normalized spacial score (nSPS) is 14.2. The fraction of sp³-hybridized carbons (Fsp3) is 0.784. The Hall–Kier alpha value is -4.40. The molecule has 0 saturated carbocycles. The van der Waals surface area contributed by atoms with Crippen molar-refractivity contribution >= 4 is 47.5 Å². The second-order valence-corrected chi connectivity index (χ2v) is 14.2. The summed E-state index contributed by atoms with van der Waals surface area (Å²) in [6.07, 6.45) is 0.624. The molecule has 328 valence electrons. The lowest BCUT2D eigenvalue weighted by Gasteiger charge is -2.34. The zero-order valence-corrected chi connectivity index (χ0v) is 33.6. The molecule has 0 aromatic rings. The molecule has 0 aromatic heterocycles. The highest BCUT2D eigenvalue weighted by atomic mass is 16.5. The molecule has 0 rings (SSSR count). The van der Waals surface area contributed by atoms with E-state index in [2.05, 4.69) is 21.3 Å². The van der Waals surface area contributed by atoms with Crippen LogP contribution in [0.15, 0.2) is 0 Å². The number of carbonyl (C=O) groups excluding carboxylic acids is 4. The van der Waals surface area contributed by atoms with Gasteiger partial charge in [0.1, 0.15) is 0 Å². The molecular formula is C37H64N4O16. The van der Waals surface area contributed by atoms with Gasteiger partial charge >= 0.3 is 23.9 Å². The van der Waals surface area contributed by atoms with Gasteiger partial charge in [-0.1, -0.05) is 0 Å². The molecule has 4 atom stereocenters. The number of nitrogens with one attached hydrogen (secondary N) is 4. The van der Waals surface area contributed by atoms with Gasteiger partial charge in [-0.2, -0.15) is 0 Å². The predicted octanol–water partition coefficient (Wildman–Crippen LogP) is 0.508. The van der Waals surface area contributed by atoms with E-state index in [-0.39, 0.29) is 154 Å². The molecule has 0 heterocycles. The summed E-state index contributed by atoms with van der Waals surface area (Å²) in [4.78, 5) is 95.8. The monoisotopic (exact) mass is 820 g/mol. The first-order chi connectivity index (χ1) is 26.9. The van der Waals surface area contributed by atoms with Crippen LogP contribution in [0.4, 0.5) is 0 Å². The Morgan fingerprint density at radius 2 is 0.596 bits per heavy atom. The first kappa shape index (κ1) is 52.6. The van der Waals surface area contributed by atoms with E-state index < -0.39 is 53.0 Å². The van der Waals surface area contributed by atoms with Crippen molar-refractivity contribution < 1.29 is 77.7 Å². The minimum atomic E-state index is -1.01. The summed E-state index contributed by atoms with van der Waals surface area (Å²) in [6.45, 7) is 6.58. The van der Waals surface area contributed by atoms with Crippen molar-refractivity contribution in [3.8, 4) is 0 Å². The van der Waals surface area contributed by atoms with Crippen molar-refractivity contribution in [2.24, 2.45) is 29.1 Å². The number of hydrogen-bond donors (Lipinski definition) is 8. The summed E-state index contributed by atoms with van der Waals surface area (Å²) in [5.74, 6) is -8.37. The number of rotatable bonds is 36. The largest absolute Gasteiger partial charge is 0.481 e. The van der Waals surface area contributed by atoms with Crippen molar-refractivity contribution in [2.45, 2.75) is 79.1 Å². The number of hydrogen-bond acceptors (Lipinski definition) is 12. The number of amides is 4. The van der Waals surface area contributed by atoms with Gasteiger partial charge in [-0.05, 0) is 58.8 Å². The molecule has 0 bridgehead atoms. The van der Waals surface area contributed by atoms with Gasteiger partial charge < -0.3 is 60.6 Å². The third-order valence-corrected chi connectivity index (χ3v) is 8.96. The molecule has 0 radical (unpaired) electrons. The van der Waals surface area contributed by atoms with Crippen LogP contribution in [0.5, 0.6) is 0 Å². The van der Waals surface area contributed by atoms with Crippen LogP contribution < -0.4 is 21.3 Å². The van der Waals surface area contributed by atoms with E-state index in [1.165, 1.54) is 27.7 Å². The molecule has 4 unspecified atom stereocenters. The Morgan fingerprint density at radius 3 is 0.772 bits per heavy atom. The van der Waals surface area contributed by atoms with Gasteiger partial charge in [-0.25, -0.2) is 0 Å². The van der Waals surface area contributed by atoms with Gasteiger partial charge in [0.2, 0.25) is 23.6 Å². The third-order valence-electron chi connectivity index (χ3n) is 8.96. The highest BCUT2D eigenvalue weighted by Gasteiger charge is 2.32. The molecule has 20 nitrogen and oxygen atoms in total. The van der Waals surface area contributed by atoms with Crippen LogP contribution in [0.1, 0.15) is 79.1 Å². The molecular weight excluding hydrogens is 756 g/mol. The van der Waals surface area contributed by atoms with Gasteiger partial charge in [-0.15, -0.1) is 0 Å². The van der Waals surface area contributed by atoms with Crippen LogP contribution in [-0.4, -0.2) is 147 Å². The van der Waals surface area contributed by atoms with Crippen LogP contribution in [0.2, 0.25) is 0 Å². The summed E-state index contributed by atoms with van der Waals surface area (Å²) >= 11 is 0. The molecule has 0 saturated heterocycles. The van der Waals surface area contributed by atoms with Crippen LogP contribution >= 0.6 is 0 Å². The number of carboxylic acid groups (broad SMARTS) is 4. The third kappa shape index (κ3) is 27.8. The Bertz CT molecular complexity index is 1080. The molecule has 57 heavy (non-hydrogen) atoms. The lowest BCUT2D eigenvalue weighted by Crippen LogP contribution is -2.35. The van der Waals surface area contributed by atoms with Gasteiger partial charge in [0.15, 0.2) is 0 Å². The maximum absolute atomic E-state index is 12.9. The van der Waals surface area contributed by atoms with Crippen molar-refractivity contribution in [1.82, 2.24) is 21.3 Å². The number of carboxylic acids is 4. The highest BCUT2D eigenvalue weighted by molar-refractivity contribution is 5.78. The second kappa shape index (κ2) is 30.7. The molecule has 4 amide bonds. The Kier molecular flexibility index (Phi) is 28.3. The summed E-state index contributed by atoms with van der Waals surface area (Å²) in [7, 11) is 0. The highest BCUT2D eigenvalue weighted by Crippen LogP contribution is 2.40. The maximum Gasteiger partial charge on any atom is 0.308 e. The first-order valence-electron chi connectivity index (χ1n) is 19.2. The number of aliphatic carboxylic acids is 4. The lowest BCUT2D eigenvalue weighted by atomic mass is 9.71. The van der Waals surface area contributed by atoms with E-state index in [1.54, 1.807) is 0 Å². The van der Waals surface area contributed by atoms with E-state index in [4.69, 9.17) is 39.4 Å². The summed E-state index contributed by atoms with van der Waals surface area (Å²) in [5, 5.41) is 46.9. The zero-order chi connectivity index (χ0) is 43.2. The number of carbonyl (C=O) groups is 8. The van der Waals surface area contributed by atoms with Crippen LogP contribution in [0.3, 0.4) is 0 Å². The maximum atomic E-state index is 12.9. The second-order valence-electron chi connectivity index (χ2n) is 14.2. The van der Waals surface area contributed by atoms with E-state index in [0.717, 1.165) is 0 Å². The topological polar surface area (TPSA) is 303 Å². The standard InChI is InChI=1S/C37H64N4O16/c1-25(33(46)47)21-54-17-13-38-29(42)5-9-37(10-6-30(43)39-14-18-55-22-26(2)34(48)49,11-7-31(44)40-15-19-56-23-27(3)35(50)51)12-8-32(45)41-16-20-57-24-28(4)36(52)53/h25-28H,5-24H2,1-4H3,(H,38,42)(H,39,43)(H,40,44)(H,41,45)(H,46,47)(H,48,49)(H,50,51)(H,52,53). The molecule has 8 N–H and O–H groups in total. The first-order valence-corrected chi connectivity index (χ1v) is 19.2. The molecule has 20 heteroatoms. The zero-order valence-electron chi connectivity index (χ0n) is 33.6. The van der Waals surface area contributed by atoms with E-state index in [9.17, 15) is 38.4 Å². The molecule has 0 spiro atoms. The molecule has 0 fully saturated rings. The molecule has 0 aliphatic rings. The minimum Gasteiger partial charge on any atom is -0.481 e. The van der Waals surface area contributed by atoms with Crippen molar-refractivity contribution in [3.63, 3.8) is 0 Å². The van der Waals surface area contributed by atoms with E-state index in [1.807, 2.05) is 0 Å². The lowest BCUT2D eigenvalue weighted by molar-refractivity contribution is -0.144. The SMILES string of the molecule is CC(COCCNC(=O)CCC(CCC(=O)NCCOCC(C)C(=O)O)(CCC(=O)NCCOCC(C)C(=O)O)CCC(=O)NCCOCC(C)C(=O)O)C(=O)O. The Balaban J connectivity index is 5.72. The molecule has 0 aliphatic heterocycles. The summed E-state index contributed by atoms with van der Waals surface area (Å²) < 4.78 is 21.3. The molecule has 0 aliphatic carbocycles. The van der Waals surface area contributed by atoms with E-state index in [0.29, 0.717) is 0 Å². The van der Waals surface area contributed by atoms with Crippen molar-refractivity contribution in [2.75, 3.05) is 79.0 Å². The smallest absolute Gasteiger partial charge is 0.308 e. The fourth-order valence-electron chi connectivity index (χ4n) is 4.99. The van der Waals surface area contributed by atoms with Gasteiger partial charge in [0.25, 0.3) is 0 Å². The van der Waals surface area contributed by atoms with Gasteiger partial charge in [-0.3, -0.25) is 38.4 Å². The minimum absolute atomic E-state index is 0.0306. The summed E-state index contributed by atoms with van der Waals surface area (Å²) in [6, 6.07) is 0. The van der Waals surface area contributed by atoms with Crippen molar-refractivity contribution in [1.29, 1.82) is 0 Å².